The van der Waals surface area contributed by atoms with Crippen LogP contribution in [0.4, 0.5) is 13.2 Å². The maximum absolute atomic E-state index is 13.0. The van der Waals surface area contributed by atoms with Crippen LogP contribution in [0.2, 0.25) is 0 Å². The van der Waals surface area contributed by atoms with Crippen molar-refractivity contribution < 1.29 is 22.8 Å². The van der Waals surface area contributed by atoms with Crippen LogP contribution in [0.15, 0.2) is 48.5 Å². The molecular formula is C23H26F3N5O2. The van der Waals surface area contributed by atoms with E-state index in [1.54, 1.807) is 37.3 Å². The molecule has 0 aliphatic carbocycles. The standard InChI is InChI=1S/C23H26F3N5O2/c1-13(21(32)30-11-14-5-7-15(8-6-14)20(27)28)31-22(33)19-10-17(12-29-19)16-3-2-4-18(9-16)23(24,25)26/h2-9,13,17,19,29H,10-12H2,1H3,(H3,27,28)(H,30,32)(H,31,33)/t13-,17+,19+/m0/s1. The third-order valence-electron chi connectivity index (χ3n) is 5.62. The Bertz CT molecular complexity index is 1020. The third kappa shape index (κ3) is 6.32. The number of halogens is 3. The number of nitrogens with two attached hydrogens (primary N) is 1. The van der Waals surface area contributed by atoms with Gasteiger partial charge in [-0.3, -0.25) is 15.0 Å². The summed E-state index contributed by atoms with van der Waals surface area (Å²) < 4.78 is 38.9. The summed E-state index contributed by atoms with van der Waals surface area (Å²) in [5.41, 5.74) is 6.62. The van der Waals surface area contributed by atoms with Gasteiger partial charge in [-0.2, -0.15) is 13.2 Å². The topological polar surface area (TPSA) is 120 Å². The van der Waals surface area contributed by atoms with E-state index in [0.29, 0.717) is 24.1 Å². The highest BCUT2D eigenvalue weighted by atomic mass is 19.4. The van der Waals surface area contributed by atoms with Crippen molar-refractivity contribution in [2.75, 3.05) is 6.54 Å². The Kier molecular flexibility index (Phi) is 7.37. The Morgan fingerprint density at radius 2 is 1.91 bits per heavy atom. The molecule has 1 aliphatic rings. The van der Waals surface area contributed by atoms with Gasteiger partial charge in [-0.1, -0.05) is 42.5 Å². The van der Waals surface area contributed by atoms with Crippen molar-refractivity contribution >= 4 is 17.6 Å². The van der Waals surface area contributed by atoms with Crippen molar-refractivity contribution in [3.8, 4) is 0 Å². The minimum atomic E-state index is -4.42. The summed E-state index contributed by atoms with van der Waals surface area (Å²) in [5.74, 6) is -1.02. The van der Waals surface area contributed by atoms with Crippen molar-refractivity contribution in [3.05, 3.63) is 70.8 Å². The Hall–Kier alpha value is -3.40. The molecule has 1 heterocycles. The summed E-state index contributed by atoms with van der Waals surface area (Å²) in [6, 6.07) is 10.6. The molecule has 2 aromatic rings. The van der Waals surface area contributed by atoms with Gasteiger partial charge in [-0.25, -0.2) is 0 Å². The predicted octanol–water partition coefficient (Wildman–Crippen LogP) is 2.26. The van der Waals surface area contributed by atoms with Gasteiger partial charge in [0.25, 0.3) is 0 Å². The smallest absolute Gasteiger partial charge is 0.384 e. The van der Waals surface area contributed by atoms with Crippen molar-refractivity contribution in [2.45, 2.75) is 44.1 Å². The van der Waals surface area contributed by atoms with E-state index in [2.05, 4.69) is 16.0 Å². The van der Waals surface area contributed by atoms with Crippen molar-refractivity contribution in [3.63, 3.8) is 0 Å². The van der Waals surface area contributed by atoms with Gasteiger partial charge in [-0.15, -0.1) is 0 Å². The number of nitrogens with one attached hydrogen (secondary N) is 4. The second-order valence-electron chi connectivity index (χ2n) is 8.08. The fraction of sp³-hybridized carbons (Fsp3) is 0.348. The van der Waals surface area contributed by atoms with Crippen LogP contribution in [-0.4, -0.2) is 36.3 Å². The molecule has 0 spiro atoms. The molecule has 1 aliphatic heterocycles. The molecule has 0 bridgehead atoms. The van der Waals surface area contributed by atoms with Crippen LogP contribution in [0.3, 0.4) is 0 Å². The van der Waals surface area contributed by atoms with Gasteiger partial charge in [0.15, 0.2) is 0 Å². The highest BCUT2D eigenvalue weighted by molar-refractivity contribution is 5.95. The Balaban J connectivity index is 1.49. The molecular weight excluding hydrogens is 435 g/mol. The predicted molar refractivity (Wildman–Crippen MR) is 118 cm³/mol. The Labute approximate surface area is 189 Å². The zero-order valence-corrected chi connectivity index (χ0v) is 18.0. The van der Waals surface area contributed by atoms with E-state index in [1.807, 2.05) is 0 Å². The first-order valence-corrected chi connectivity index (χ1v) is 10.5. The first-order valence-electron chi connectivity index (χ1n) is 10.5. The number of alkyl halides is 3. The summed E-state index contributed by atoms with van der Waals surface area (Å²) in [7, 11) is 0. The first kappa shape index (κ1) is 24.2. The molecule has 6 N–H and O–H groups in total. The largest absolute Gasteiger partial charge is 0.416 e. The zero-order chi connectivity index (χ0) is 24.2. The van der Waals surface area contributed by atoms with Crippen LogP contribution < -0.4 is 21.7 Å². The van der Waals surface area contributed by atoms with E-state index in [1.165, 1.54) is 6.07 Å². The maximum Gasteiger partial charge on any atom is 0.416 e. The lowest BCUT2D eigenvalue weighted by Gasteiger charge is -2.17. The fourth-order valence-electron chi connectivity index (χ4n) is 3.68. The molecule has 3 atom stereocenters. The van der Waals surface area contributed by atoms with Crippen LogP contribution in [-0.2, 0) is 22.3 Å². The summed E-state index contributed by atoms with van der Waals surface area (Å²) >= 11 is 0. The van der Waals surface area contributed by atoms with Gasteiger partial charge in [0.1, 0.15) is 11.9 Å². The molecule has 3 rings (SSSR count). The highest BCUT2D eigenvalue weighted by Crippen LogP contribution is 2.33. The van der Waals surface area contributed by atoms with Crippen LogP contribution in [0.1, 0.15) is 41.5 Å². The number of hydrogen-bond acceptors (Lipinski definition) is 4. The average molecular weight is 461 g/mol. The number of amidine groups is 1. The summed E-state index contributed by atoms with van der Waals surface area (Å²) in [6.45, 7) is 2.18. The average Bonchev–Trinajstić information content (AvgIpc) is 3.28. The quantitative estimate of drug-likeness (QED) is 0.321. The van der Waals surface area contributed by atoms with Crippen molar-refractivity contribution in [1.82, 2.24) is 16.0 Å². The number of rotatable bonds is 7. The summed E-state index contributed by atoms with van der Waals surface area (Å²) in [6.07, 6.45) is -4.08. The third-order valence-corrected chi connectivity index (χ3v) is 5.62. The minimum Gasteiger partial charge on any atom is -0.384 e. The van der Waals surface area contributed by atoms with E-state index in [9.17, 15) is 22.8 Å². The van der Waals surface area contributed by atoms with Crippen LogP contribution in [0.25, 0.3) is 0 Å². The molecule has 0 radical (unpaired) electrons. The molecule has 2 aromatic carbocycles. The van der Waals surface area contributed by atoms with E-state index < -0.39 is 23.8 Å². The lowest BCUT2D eigenvalue weighted by Crippen LogP contribution is -2.49. The second kappa shape index (κ2) is 10.0. The van der Waals surface area contributed by atoms with E-state index in [4.69, 9.17) is 11.1 Å². The molecule has 1 saturated heterocycles. The molecule has 0 unspecified atom stereocenters. The number of amides is 2. The van der Waals surface area contributed by atoms with Gasteiger partial charge in [0.2, 0.25) is 11.8 Å². The van der Waals surface area contributed by atoms with Gasteiger partial charge < -0.3 is 21.7 Å². The molecule has 176 valence electrons. The van der Waals surface area contributed by atoms with Gasteiger partial charge in [0.05, 0.1) is 11.6 Å². The highest BCUT2D eigenvalue weighted by Gasteiger charge is 2.34. The molecule has 0 aromatic heterocycles. The summed E-state index contributed by atoms with van der Waals surface area (Å²) in [4.78, 5) is 24.9. The van der Waals surface area contributed by atoms with Crippen LogP contribution >= 0.6 is 0 Å². The van der Waals surface area contributed by atoms with Crippen LogP contribution in [0, 0.1) is 5.41 Å². The molecule has 1 fully saturated rings. The Morgan fingerprint density at radius 3 is 2.55 bits per heavy atom. The van der Waals surface area contributed by atoms with Gasteiger partial charge >= 0.3 is 6.18 Å². The molecule has 7 nitrogen and oxygen atoms in total. The normalized spacial score (nSPS) is 19.0. The summed E-state index contributed by atoms with van der Waals surface area (Å²) in [5, 5.41) is 15.8. The number of carbonyl (C=O) groups is 2. The minimum absolute atomic E-state index is 0.0438. The number of hydrogen-bond donors (Lipinski definition) is 5. The van der Waals surface area contributed by atoms with E-state index in [0.717, 1.165) is 17.7 Å². The molecule has 10 heteroatoms. The van der Waals surface area contributed by atoms with Gasteiger partial charge in [0, 0.05) is 18.7 Å². The lowest BCUT2D eigenvalue weighted by atomic mass is 9.94. The Morgan fingerprint density at radius 1 is 1.21 bits per heavy atom. The van der Waals surface area contributed by atoms with Gasteiger partial charge in [-0.05, 0) is 36.5 Å². The maximum atomic E-state index is 13.0. The lowest BCUT2D eigenvalue weighted by molar-refractivity contribution is -0.137. The van der Waals surface area contributed by atoms with E-state index in [-0.39, 0.29) is 30.1 Å². The molecule has 0 saturated carbocycles. The van der Waals surface area contributed by atoms with Crippen molar-refractivity contribution in [1.29, 1.82) is 5.41 Å². The fourth-order valence-corrected chi connectivity index (χ4v) is 3.68. The molecule has 2 amide bonds. The van der Waals surface area contributed by atoms with Crippen LogP contribution in [0.5, 0.6) is 0 Å². The second-order valence-corrected chi connectivity index (χ2v) is 8.08. The zero-order valence-electron chi connectivity index (χ0n) is 18.0. The number of nitrogen functional groups attached to an aromatic ring is 1. The van der Waals surface area contributed by atoms with E-state index >= 15 is 0 Å². The SMILES string of the molecule is C[C@H](NC(=O)[C@H]1C[C@@H](c2cccc(C(F)(F)F)c2)CN1)C(=O)NCc1ccc(C(=N)N)cc1. The molecule has 33 heavy (non-hydrogen) atoms. The number of benzene rings is 2. The number of carbonyl (C=O) groups excluding carboxylic acids is 2. The van der Waals surface area contributed by atoms with Crippen molar-refractivity contribution in [2.24, 2.45) is 5.73 Å². The first-order chi connectivity index (χ1) is 15.5. The monoisotopic (exact) mass is 461 g/mol.